The van der Waals surface area contributed by atoms with Crippen LogP contribution in [0, 0.1) is 0 Å². The number of carbonyl (C=O) groups is 1. The fourth-order valence-corrected chi connectivity index (χ4v) is 3.64. The van der Waals surface area contributed by atoms with E-state index in [0.29, 0.717) is 16.9 Å². The molecule has 2 heterocycles. The van der Waals surface area contributed by atoms with Gasteiger partial charge in [-0.3, -0.25) is 9.69 Å². The molecule has 1 aromatic heterocycles. The molecule has 0 amide bonds. The number of carbonyl (C=O) groups excluding carboxylic acids is 1. The van der Waals surface area contributed by atoms with Gasteiger partial charge in [0.05, 0.1) is 31.5 Å². The summed E-state index contributed by atoms with van der Waals surface area (Å²) in [6, 6.07) is 15.0. The lowest BCUT2D eigenvalue weighted by molar-refractivity contribution is 0.0364. The zero-order valence-corrected chi connectivity index (χ0v) is 16.1. The van der Waals surface area contributed by atoms with Gasteiger partial charge in [-0.2, -0.15) is 0 Å². The minimum Gasteiger partial charge on any atom is -0.497 e. The molecule has 146 valence electrons. The number of nitrogens with two attached hydrogens (primary N) is 1. The Morgan fingerprint density at radius 2 is 1.82 bits per heavy atom. The van der Waals surface area contributed by atoms with Gasteiger partial charge in [0, 0.05) is 48.9 Å². The van der Waals surface area contributed by atoms with E-state index in [4.69, 9.17) is 15.2 Å². The lowest BCUT2D eigenvalue weighted by atomic mass is 10.1. The average Bonchev–Trinajstić information content (AvgIpc) is 3.10. The molecule has 0 spiro atoms. The van der Waals surface area contributed by atoms with Gasteiger partial charge in [0.1, 0.15) is 5.75 Å². The Kier molecular flexibility index (Phi) is 5.32. The van der Waals surface area contributed by atoms with Gasteiger partial charge in [-0.1, -0.05) is 0 Å². The number of rotatable bonds is 6. The van der Waals surface area contributed by atoms with Crippen molar-refractivity contribution >= 4 is 22.4 Å². The molecular weight excluding hydrogens is 354 g/mol. The van der Waals surface area contributed by atoms with Gasteiger partial charge in [-0.25, -0.2) is 0 Å². The molecule has 0 saturated carbocycles. The van der Waals surface area contributed by atoms with Crippen molar-refractivity contribution in [2.75, 3.05) is 45.7 Å². The van der Waals surface area contributed by atoms with E-state index in [9.17, 15) is 4.79 Å². The second-order valence-electron chi connectivity index (χ2n) is 7.01. The molecule has 0 atom stereocenters. The number of hydrogen-bond acceptors (Lipinski definition) is 5. The number of aromatic nitrogens is 1. The Bertz CT molecular complexity index is 973. The van der Waals surface area contributed by atoms with Crippen LogP contribution in [0.1, 0.15) is 16.1 Å². The third kappa shape index (κ3) is 3.74. The third-order valence-corrected chi connectivity index (χ3v) is 5.26. The van der Waals surface area contributed by atoms with E-state index in [1.807, 2.05) is 24.3 Å². The first kappa shape index (κ1) is 18.5. The topological polar surface area (TPSA) is 69.7 Å². The maximum absolute atomic E-state index is 13.2. The van der Waals surface area contributed by atoms with Crippen LogP contribution < -0.4 is 10.5 Å². The number of fused-ring (bicyclic) bond motifs is 1. The SMILES string of the molecule is COc1ccc2cc(C(=O)c3ccc(N)cc3)n(CCN3CCOCC3)c2c1. The molecule has 3 aromatic rings. The quantitative estimate of drug-likeness (QED) is 0.527. The first-order valence-corrected chi connectivity index (χ1v) is 9.53. The highest BCUT2D eigenvalue weighted by Crippen LogP contribution is 2.26. The van der Waals surface area contributed by atoms with Crippen LogP contribution in [0.25, 0.3) is 10.9 Å². The molecule has 2 N–H and O–H groups in total. The van der Waals surface area contributed by atoms with E-state index in [1.165, 1.54) is 0 Å². The lowest BCUT2D eigenvalue weighted by Crippen LogP contribution is -2.38. The predicted molar refractivity (Wildman–Crippen MR) is 110 cm³/mol. The zero-order chi connectivity index (χ0) is 19.5. The maximum Gasteiger partial charge on any atom is 0.209 e. The number of morpholine rings is 1. The van der Waals surface area contributed by atoms with E-state index < -0.39 is 0 Å². The molecule has 6 heteroatoms. The van der Waals surface area contributed by atoms with Crippen LogP contribution in [0.15, 0.2) is 48.5 Å². The van der Waals surface area contributed by atoms with Crippen molar-refractivity contribution in [1.82, 2.24) is 9.47 Å². The second-order valence-corrected chi connectivity index (χ2v) is 7.01. The smallest absolute Gasteiger partial charge is 0.209 e. The van der Waals surface area contributed by atoms with Gasteiger partial charge >= 0.3 is 0 Å². The highest BCUT2D eigenvalue weighted by Gasteiger charge is 2.19. The normalized spacial score (nSPS) is 15.0. The van der Waals surface area contributed by atoms with Gasteiger partial charge in [0.2, 0.25) is 5.78 Å². The molecule has 28 heavy (non-hydrogen) atoms. The molecule has 1 aliphatic heterocycles. The Labute approximate surface area is 164 Å². The minimum absolute atomic E-state index is 0.00264. The van der Waals surface area contributed by atoms with Crippen LogP contribution >= 0.6 is 0 Å². The molecular formula is C22H25N3O3. The van der Waals surface area contributed by atoms with Crippen molar-refractivity contribution in [3.05, 3.63) is 59.8 Å². The van der Waals surface area contributed by atoms with Crippen LogP contribution in [0.2, 0.25) is 0 Å². The van der Waals surface area contributed by atoms with Crippen molar-refractivity contribution in [1.29, 1.82) is 0 Å². The molecule has 0 bridgehead atoms. The number of hydrogen-bond donors (Lipinski definition) is 1. The average molecular weight is 379 g/mol. The maximum atomic E-state index is 13.2. The van der Waals surface area contributed by atoms with Gasteiger partial charge in [-0.05, 0) is 42.5 Å². The van der Waals surface area contributed by atoms with Crippen LogP contribution in [-0.2, 0) is 11.3 Å². The van der Waals surface area contributed by atoms with E-state index in [0.717, 1.165) is 56.0 Å². The third-order valence-electron chi connectivity index (χ3n) is 5.26. The number of ether oxygens (including phenoxy) is 2. The van der Waals surface area contributed by atoms with Gasteiger partial charge < -0.3 is 19.8 Å². The summed E-state index contributed by atoms with van der Waals surface area (Å²) >= 11 is 0. The van der Waals surface area contributed by atoms with E-state index in [1.54, 1.807) is 31.4 Å². The van der Waals surface area contributed by atoms with Gasteiger partial charge in [0.15, 0.2) is 0 Å². The van der Waals surface area contributed by atoms with E-state index >= 15 is 0 Å². The molecule has 1 fully saturated rings. The van der Waals surface area contributed by atoms with Gasteiger partial charge in [-0.15, -0.1) is 0 Å². The summed E-state index contributed by atoms with van der Waals surface area (Å²) in [5.74, 6) is 0.779. The number of anilines is 1. The second kappa shape index (κ2) is 8.04. The summed E-state index contributed by atoms with van der Waals surface area (Å²) in [7, 11) is 1.66. The van der Waals surface area contributed by atoms with Crippen LogP contribution in [0.5, 0.6) is 5.75 Å². The summed E-state index contributed by atoms with van der Waals surface area (Å²) in [6.45, 7) is 4.96. The van der Waals surface area contributed by atoms with E-state index in [-0.39, 0.29) is 5.78 Å². The Hall–Kier alpha value is -2.83. The van der Waals surface area contributed by atoms with Gasteiger partial charge in [0.25, 0.3) is 0 Å². The Morgan fingerprint density at radius 3 is 2.54 bits per heavy atom. The molecule has 4 rings (SSSR count). The van der Waals surface area contributed by atoms with Crippen molar-refractivity contribution in [2.24, 2.45) is 0 Å². The highest BCUT2D eigenvalue weighted by molar-refractivity contribution is 6.10. The van der Waals surface area contributed by atoms with Crippen molar-refractivity contribution < 1.29 is 14.3 Å². The van der Waals surface area contributed by atoms with Crippen LogP contribution in [-0.4, -0.2) is 55.2 Å². The summed E-state index contributed by atoms with van der Waals surface area (Å²) < 4.78 is 12.9. The summed E-state index contributed by atoms with van der Waals surface area (Å²) in [6.07, 6.45) is 0. The highest BCUT2D eigenvalue weighted by atomic mass is 16.5. The number of nitrogen functional groups attached to an aromatic ring is 1. The Balaban J connectivity index is 1.71. The molecule has 0 unspecified atom stereocenters. The molecule has 1 aliphatic rings. The fraction of sp³-hybridized carbons (Fsp3) is 0.318. The predicted octanol–water partition coefficient (Wildman–Crippen LogP) is 2.80. The Morgan fingerprint density at radius 1 is 1.07 bits per heavy atom. The standard InChI is InChI=1S/C22H25N3O3/c1-27-19-7-4-17-14-21(22(26)16-2-5-18(23)6-3-16)25(20(17)15-19)9-8-24-10-12-28-13-11-24/h2-7,14-15H,8-13,23H2,1H3. The fourth-order valence-electron chi connectivity index (χ4n) is 3.64. The lowest BCUT2D eigenvalue weighted by Gasteiger charge is -2.27. The minimum atomic E-state index is -0.00264. The van der Waals surface area contributed by atoms with Crippen LogP contribution in [0.4, 0.5) is 5.69 Å². The van der Waals surface area contributed by atoms with Crippen molar-refractivity contribution in [3.8, 4) is 5.75 Å². The van der Waals surface area contributed by atoms with Crippen LogP contribution in [0.3, 0.4) is 0 Å². The molecule has 2 aromatic carbocycles. The monoisotopic (exact) mass is 379 g/mol. The zero-order valence-electron chi connectivity index (χ0n) is 16.1. The molecule has 1 saturated heterocycles. The first-order chi connectivity index (χ1) is 13.7. The number of methoxy groups -OCH3 is 1. The summed E-state index contributed by atoms with van der Waals surface area (Å²) in [5, 5.41) is 1.03. The molecule has 0 radical (unpaired) electrons. The summed E-state index contributed by atoms with van der Waals surface area (Å²) in [5.41, 5.74) is 8.74. The van der Waals surface area contributed by atoms with Crippen molar-refractivity contribution in [3.63, 3.8) is 0 Å². The largest absolute Gasteiger partial charge is 0.497 e. The van der Waals surface area contributed by atoms with E-state index in [2.05, 4.69) is 9.47 Å². The molecule has 0 aliphatic carbocycles. The number of nitrogens with zero attached hydrogens (tertiary/aromatic N) is 2. The van der Waals surface area contributed by atoms with Crippen molar-refractivity contribution in [2.45, 2.75) is 6.54 Å². The first-order valence-electron chi connectivity index (χ1n) is 9.53. The summed E-state index contributed by atoms with van der Waals surface area (Å²) in [4.78, 5) is 15.6. The number of benzene rings is 2. The molecule has 6 nitrogen and oxygen atoms in total. The number of ketones is 1.